The van der Waals surface area contributed by atoms with Gasteiger partial charge in [-0.25, -0.2) is 9.78 Å². The first-order valence-corrected chi connectivity index (χ1v) is 7.78. The highest BCUT2D eigenvalue weighted by atomic mass is 16.5. The van der Waals surface area contributed by atoms with Crippen LogP contribution in [0.2, 0.25) is 0 Å². The van der Waals surface area contributed by atoms with E-state index in [9.17, 15) is 4.79 Å². The van der Waals surface area contributed by atoms with E-state index in [1.165, 1.54) is 11.1 Å². The zero-order valence-corrected chi connectivity index (χ0v) is 13.7. The lowest BCUT2D eigenvalue weighted by Gasteiger charge is -2.10. The van der Waals surface area contributed by atoms with E-state index in [-0.39, 0.29) is 5.97 Å². The molecular weight excluding hydrogens is 288 g/mol. The van der Waals surface area contributed by atoms with Gasteiger partial charge in [-0.15, -0.1) is 0 Å². The average Bonchev–Trinajstić information content (AvgIpc) is 2.85. The summed E-state index contributed by atoms with van der Waals surface area (Å²) in [6.07, 6.45) is 0. The predicted octanol–water partition coefficient (Wildman–Crippen LogP) is 3.88. The molecule has 0 spiro atoms. The van der Waals surface area contributed by atoms with Crippen molar-refractivity contribution in [1.29, 1.82) is 0 Å². The maximum Gasteiger partial charge on any atom is 0.338 e. The van der Waals surface area contributed by atoms with E-state index >= 15 is 0 Å². The first-order chi connectivity index (χ1) is 11.1. The standard InChI is InChI=1S/C19H20N2O2/c1-4-23-19(22)15-9-10-17-18(11-15)21(14(3)20-17)12-16-8-6-5-7-13(16)2/h5-11H,4,12H2,1-3H3. The molecule has 2 aromatic carbocycles. The topological polar surface area (TPSA) is 44.1 Å². The van der Waals surface area contributed by atoms with Gasteiger partial charge in [0.05, 0.1) is 23.2 Å². The van der Waals surface area contributed by atoms with Crippen LogP contribution >= 0.6 is 0 Å². The van der Waals surface area contributed by atoms with Gasteiger partial charge in [0.25, 0.3) is 0 Å². The molecule has 23 heavy (non-hydrogen) atoms. The summed E-state index contributed by atoms with van der Waals surface area (Å²) in [6.45, 7) is 7.01. The van der Waals surface area contributed by atoms with E-state index in [0.29, 0.717) is 12.2 Å². The molecule has 3 aromatic rings. The maximum absolute atomic E-state index is 12.0. The lowest BCUT2D eigenvalue weighted by atomic mass is 10.1. The van der Waals surface area contributed by atoms with Crippen molar-refractivity contribution in [2.45, 2.75) is 27.3 Å². The van der Waals surface area contributed by atoms with Crippen molar-refractivity contribution < 1.29 is 9.53 Å². The molecule has 0 atom stereocenters. The van der Waals surface area contributed by atoms with E-state index in [4.69, 9.17) is 4.74 Å². The van der Waals surface area contributed by atoms with Gasteiger partial charge in [-0.1, -0.05) is 24.3 Å². The molecule has 0 saturated heterocycles. The smallest absolute Gasteiger partial charge is 0.338 e. The van der Waals surface area contributed by atoms with Crippen LogP contribution < -0.4 is 0 Å². The lowest BCUT2D eigenvalue weighted by molar-refractivity contribution is 0.0526. The third-order valence-corrected chi connectivity index (χ3v) is 4.04. The molecule has 118 valence electrons. The number of ether oxygens (including phenoxy) is 1. The largest absolute Gasteiger partial charge is 0.462 e. The van der Waals surface area contributed by atoms with Crippen LogP contribution in [0, 0.1) is 13.8 Å². The molecule has 0 radical (unpaired) electrons. The molecule has 4 heteroatoms. The fourth-order valence-corrected chi connectivity index (χ4v) is 2.74. The van der Waals surface area contributed by atoms with Crippen molar-refractivity contribution in [2.75, 3.05) is 6.61 Å². The average molecular weight is 308 g/mol. The van der Waals surface area contributed by atoms with Crippen LogP contribution in [-0.4, -0.2) is 22.1 Å². The zero-order chi connectivity index (χ0) is 16.4. The normalized spacial score (nSPS) is 10.9. The zero-order valence-electron chi connectivity index (χ0n) is 13.7. The van der Waals surface area contributed by atoms with Crippen molar-refractivity contribution in [3.8, 4) is 0 Å². The van der Waals surface area contributed by atoms with Crippen molar-refractivity contribution in [3.05, 3.63) is 65.0 Å². The van der Waals surface area contributed by atoms with E-state index in [1.54, 1.807) is 6.07 Å². The van der Waals surface area contributed by atoms with Crippen LogP contribution in [-0.2, 0) is 11.3 Å². The van der Waals surface area contributed by atoms with Crippen LogP contribution in [0.1, 0.15) is 34.2 Å². The Morgan fingerprint density at radius 3 is 2.70 bits per heavy atom. The molecule has 0 unspecified atom stereocenters. The second kappa shape index (κ2) is 6.24. The molecule has 1 heterocycles. The second-order valence-corrected chi connectivity index (χ2v) is 5.60. The minimum atomic E-state index is -0.296. The fraction of sp³-hybridized carbons (Fsp3) is 0.263. The number of rotatable bonds is 4. The number of hydrogen-bond acceptors (Lipinski definition) is 3. The number of nitrogens with zero attached hydrogens (tertiary/aromatic N) is 2. The highest BCUT2D eigenvalue weighted by Gasteiger charge is 2.13. The van der Waals surface area contributed by atoms with Gasteiger partial charge < -0.3 is 9.30 Å². The van der Waals surface area contributed by atoms with E-state index in [2.05, 4.69) is 28.6 Å². The van der Waals surface area contributed by atoms with Gasteiger partial charge in [0, 0.05) is 6.54 Å². The third kappa shape index (κ3) is 2.97. The third-order valence-electron chi connectivity index (χ3n) is 4.04. The van der Waals surface area contributed by atoms with Gasteiger partial charge >= 0.3 is 5.97 Å². The second-order valence-electron chi connectivity index (χ2n) is 5.60. The summed E-state index contributed by atoms with van der Waals surface area (Å²) in [6, 6.07) is 13.8. The van der Waals surface area contributed by atoms with Crippen LogP contribution in [0.25, 0.3) is 11.0 Å². The van der Waals surface area contributed by atoms with Crippen LogP contribution in [0.5, 0.6) is 0 Å². The number of hydrogen-bond donors (Lipinski definition) is 0. The number of fused-ring (bicyclic) bond motifs is 1. The molecule has 0 amide bonds. The lowest BCUT2D eigenvalue weighted by Crippen LogP contribution is -2.06. The molecule has 0 aliphatic rings. The first-order valence-electron chi connectivity index (χ1n) is 7.78. The van der Waals surface area contributed by atoms with Gasteiger partial charge in [0.15, 0.2) is 0 Å². The summed E-state index contributed by atoms with van der Waals surface area (Å²) >= 11 is 0. The quantitative estimate of drug-likeness (QED) is 0.687. The molecule has 4 nitrogen and oxygen atoms in total. The fourth-order valence-electron chi connectivity index (χ4n) is 2.74. The SMILES string of the molecule is CCOC(=O)c1ccc2nc(C)n(Cc3ccccc3C)c2c1. The molecule has 0 N–H and O–H groups in total. The molecule has 0 bridgehead atoms. The van der Waals surface area contributed by atoms with E-state index in [0.717, 1.165) is 23.4 Å². The van der Waals surface area contributed by atoms with Crippen LogP contribution in [0.3, 0.4) is 0 Å². The molecule has 1 aromatic heterocycles. The van der Waals surface area contributed by atoms with Gasteiger partial charge in [-0.3, -0.25) is 0 Å². The Balaban J connectivity index is 2.05. The molecular formula is C19H20N2O2. The maximum atomic E-state index is 12.0. The number of aryl methyl sites for hydroxylation is 2. The summed E-state index contributed by atoms with van der Waals surface area (Å²) in [5.41, 5.74) is 4.90. The summed E-state index contributed by atoms with van der Waals surface area (Å²) < 4.78 is 7.23. The van der Waals surface area contributed by atoms with E-state index in [1.807, 2.05) is 38.1 Å². The minimum Gasteiger partial charge on any atom is -0.462 e. The van der Waals surface area contributed by atoms with Crippen molar-refractivity contribution >= 4 is 17.0 Å². The Morgan fingerprint density at radius 2 is 1.96 bits per heavy atom. The summed E-state index contributed by atoms with van der Waals surface area (Å²) in [5, 5.41) is 0. The van der Waals surface area contributed by atoms with Crippen molar-refractivity contribution in [1.82, 2.24) is 9.55 Å². The highest BCUT2D eigenvalue weighted by molar-refractivity contribution is 5.93. The number of benzene rings is 2. The van der Waals surface area contributed by atoms with E-state index < -0.39 is 0 Å². The monoisotopic (exact) mass is 308 g/mol. The Morgan fingerprint density at radius 1 is 1.17 bits per heavy atom. The highest BCUT2D eigenvalue weighted by Crippen LogP contribution is 2.21. The summed E-state index contributed by atoms with van der Waals surface area (Å²) in [5.74, 6) is 0.639. The van der Waals surface area contributed by atoms with Gasteiger partial charge in [-0.2, -0.15) is 0 Å². The summed E-state index contributed by atoms with van der Waals surface area (Å²) in [7, 11) is 0. The molecule has 0 fully saturated rings. The van der Waals surface area contributed by atoms with Gasteiger partial charge in [0.2, 0.25) is 0 Å². The minimum absolute atomic E-state index is 0.296. The number of aromatic nitrogens is 2. The number of carbonyl (C=O) groups excluding carboxylic acids is 1. The Kier molecular flexibility index (Phi) is 4.15. The number of carbonyl (C=O) groups is 1. The Labute approximate surface area is 135 Å². The van der Waals surface area contributed by atoms with Crippen LogP contribution in [0.4, 0.5) is 0 Å². The molecule has 0 saturated carbocycles. The molecule has 0 aliphatic carbocycles. The van der Waals surface area contributed by atoms with Gasteiger partial charge in [0.1, 0.15) is 5.82 Å². The number of imidazole rings is 1. The van der Waals surface area contributed by atoms with Gasteiger partial charge in [-0.05, 0) is 50.1 Å². The first kappa shape index (κ1) is 15.3. The van der Waals surface area contributed by atoms with Crippen molar-refractivity contribution in [3.63, 3.8) is 0 Å². The van der Waals surface area contributed by atoms with Crippen LogP contribution in [0.15, 0.2) is 42.5 Å². The predicted molar refractivity (Wildman–Crippen MR) is 90.7 cm³/mol. The molecule has 0 aliphatic heterocycles. The summed E-state index contributed by atoms with van der Waals surface area (Å²) in [4.78, 5) is 16.6. The molecule has 3 rings (SSSR count). The number of esters is 1. The Bertz CT molecular complexity index is 865. The van der Waals surface area contributed by atoms with Crippen molar-refractivity contribution in [2.24, 2.45) is 0 Å². The Hall–Kier alpha value is -2.62.